The number of benzene rings is 1. The Bertz CT molecular complexity index is 429. The zero-order valence-corrected chi connectivity index (χ0v) is 12.8. The number of alkyl halides is 2. The molecule has 1 aromatic rings. The van der Waals surface area contributed by atoms with E-state index in [4.69, 9.17) is 5.11 Å². The number of aliphatic carboxylic acids is 1. The first-order valence-corrected chi connectivity index (χ1v) is 6.44. The van der Waals surface area contributed by atoms with Gasteiger partial charge in [0.1, 0.15) is 5.75 Å². The summed E-state index contributed by atoms with van der Waals surface area (Å²) in [5.41, 5.74) is 0.862. The molecule has 1 unspecified atom stereocenters. The lowest BCUT2D eigenvalue weighted by molar-refractivity contribution is -0.138. The molecule has 0 heterocycles. The number of halogens is 3. The number of rotatable bonds is 8. The number of carboxylic acids is 1. The molecule has 1 rings (SSSR count). The number of carbonyl (C=O) groups is 1. The van der Waals surface area contributed by atoms with Crippen molar-refractivity contribution in [1.29, 1.82) is 0 Å². The molecule has 21 heavy (non-hydrogen) atoms. The topological polar surface area (TPSA) is 49.8 Å². The quantitative estimate of drug-likeness (QED) is 0.794. The lowest BCUT2D eigenvalue weighted by Crippen LogP contribution is -2.33. The van der Waals surface area contributed by atoms with Gasteiger partial charge in [-0.25, -0.2) is 0 Å². The van der Waals surface area contributed by atoms with E-state index in [1.54, 1.807) is 12.1 Å². The van der Waals surface area contributed by atoms with Gasteiger partial charge in [0, 0.05) is 6.04 Å². The second-order valence-electron chi connectivity index (χ2n) is 4.49. The van der Waals surface area contributed by atoms with Gasteiger partial charge in [0.05, 0.1) is 6.54 Å². The SMILES string of the molecule is CCCN(CC(=O)O)C(C)c1ccc(OC(F)F)cc1.Cl. The summed E-state index contributed by atoms with van der Waals surface area (Å²) in [7, 11) is 0. The largest absolute Gasteiger partial charge is 0.480 e. The molecule has 1 atom stereocenters. The summed E-state index contributed by atoms with van der Waals surface area (Å²) >= 11 is 0. The maximum Gasteiger partial charge on any atom is 0.387 e. The predicted octanol–water partition coefficient (Wildman–Crippen LogP) is 3.57. The van der Waals surface area contributed by atoms with Gasteiger partial charge in [-0.2, -0.15) is 8.78 Å². The predicted molar refractivity (Wildman–Crippen MR) is 78.2 cm³/mol. The Balaban J connectivity index is 0.00000400. The summed E-state index contributed by atoms with van der Waals surface area (Å²) in [4.78, 5) is 12.7. The third kappa shape index (κ3) is 6.73. The van der Waals surface area contributed by atoms with Gasteiger partial charge in [-0.15, -0.1) is 12.4 Å². The van der Waals surface area contributed by atoms with Gasteiger partial charge >= 0.3 is 12.6 Å². The highest BCUT2D eigenvalue weighted by Gasteiger charge is 2.17. The minimum atomic E-state index is -2.85. The zero-order chi connectivity index (χ0) is 15.1. The van der Waals surface area contributed by atoms with E-state index in [9.17, 15) is 13.6 Å². The third-order valence-corrected chi connectivity index (χ3v) is 2.98. The zero-order valence-electron chi connectivity index (χ0n) is 12.0. The molecule has 0 aliphatic heterocycles. The molecule has 7 heteroatoms. The Labute approximate surface area is 129 Å². The van der Waals surface area contributed by atoms with Gasteiger partial charge in [-0.1, -0.05) is 19.1 Å². The molecule has 0 amide bonds. The first-order chi connectivity index (χ1) is 9.43. The highest BCUT2D eigenvalue weighted by Crippen LogP contribution is 2.23. The van der Waals surface area contributed by atoms with Crippen LogP contribution in [-0.2, 0) is 4.79 Å². The fourth-order valence-corrected chi connectivity index (χ4v) is 2.01. The van der Waals surface area contributed by atoms with Crippen molar-refractivity contribution < 1.29 is 23.4 Å². The van der Waals surface area contributed by atoms with E-state index < -0.39 is 12.6 Å². The molecule has 0 fully saturated rings. The van der Waals surface area contributed by atoms with Crippen molar-refractivity contribution in [2.75, 3.05) is 13.1 Å². The van der Waals surface area contributed by atoms with Gasteiger partial charge in [-0.05, 0) is 37.6 Å². The van der Waals surface area contributed by atoms with Crippen LogP contribution in [0.5, 0.6) is 5.75 Å². The minimum absolute atomic E-state index is 0. The second-order valence-corrected chi connectivity index (χ2v) is 4.49. The molecule has 0 aromatic heterocycles. The van der Waals surface area contributed by atoms with E-state index in [2.05, 4.69) is 4.74 Å². The van der Waals surface area contributed by atoms with Crippen LogP contribution in [0.3, 0.4) is 0 Å². The van der Waals surface area contributed by atoms with E-state index in [-0.39, 0.29) is 30.7 Å². The third-order valence-electron chi connectivity index (χ3n) is 2.98. The van der Waals surface area contributed by atoms with Crippen molar-refractivity contribution in [2.24, 2.45) is 0 Å². The Morgan fingerprint density at radius 2 is 1.90 bits per heavy atom. The van der Waals surface area contributed by atoms with Crippen LogP contribution < -0.4 is 4.74 Å². The maximum absolute atomic E-state index is 12.1. The smallest absolute Gasteiger partial charge is 0.387 e. The summed E-state index contributed by atoms with van der Waals surface area (Å²) in [6, 6.07) is 6.16. The first kappa shape index (κ1) is 19.6. The summed E-state index contributed by atoms with van der Waals surface area (Å²) in [5.74, 6) is -0.792. The average Bonchev–Trinajstić information content (AvgIpc) is 2.37. The van der Waals surface area contributed by atoms with Gasteiger partial charge in [-0.3, -0.25) is 9.69 Å². The van der Waals surface area contributed by atoms with Crippen LogP contribution in [-0.4, -0.2) is 35.7 Å². The van der Waals surface area contributed by atoms with Crippen molar-refractivity contribution >= 4 is 18.4 Å². The van der Waals surface area contributed by atoms with E-state index in [0.29, 0.717) is 6.54 Å². The summed E-state index contributed by atoms with van der Waals surface area (Å²) < 4.78 is 28.4. The number of ether oxygens (including phenoxy) is 1. The Kier molecular flexibility index (Phi) is 8.89. The first-order valence-electron chi connectivity index (χ1n) is 6.44. The van der Waals surface area contributed by atoms with Crippen LogP contribution in [0.1, 0.15) is 31.9 Å². The molecule has 0 saturated heterocycles. The molecular formula is C14H20ClF2NO3. The molecule has 1 aromatic carbocycles. The highest BCUT2D eigenvalue weighted by molar-refractivity contribution is 5.85. The number of carboxylic acid groups (broad SMARTS) is 1. The molecule has 120 valence electrons. The molecule has 0 saturated carbocycles. The Morgan fingerprint density at radius 1 is 1.33 bits per heavy atom. The number of hydrogen-bond acceptors (Lipinski definition) is 3. The maximum atomic E-state index is 12.1. The lowest BCUT2D eigenvalue weighted by atomic mass is 10.1. The van der Waals surface area contributed by atoms with Crippen LogP contribution in [0.2, 0.25) is 0 Å². The molecule has 0 aliphatic carbocycles. The second kappa shape index (κ2) is 9.52. The fourth-order valence-electron chi connectivity index (χ4n) is 2.01. The fraction of sp³-hybridized carbons (Fsp3) is 0.500. The molecular weight excluding hydrogens is 304 g/mol. The monoisotopic (exact) mass is 323 g/mol. The molecule has 0 aliphatic rings. The van der Waals surface area contributed by atoms with Crippen LogP contribution in [0, 0.1) is 0 Å². The van der Waals surface area contributed by atoms with Crippen LogP contribution in [0.15, 0.2) is 24.3 Å². The van der Waals surface area contributed by atoms with Crippen LogP contribution in [0.25, 0.3) is 0 Å². The van der Waals surface area contributed by atoms with Crippen molar-refractivity contribution in [3.63, 3.8) is 0 Å². The molecule has 0 radical (unpaired) electrons. The summed E-state index contributed by atoms with van der Waals surface area (Å²) in [6.45, 7) is 1.62. The van der Waals surface area contributed by atoms with Gasteiger partial charge < -0.3 is 9.84 Å². The minimum Gasteiger partial charge on any atom is -0.480 e. The summed E-state index contributed by atoms with van der Waals surface area (Å²) in [5, 5.41) is 8.90. The average molecular weight is 324 g/mol. The Hall–Kier alpha value is -1.40. The van der Waals surface area contributed by atoms with E-state index in [0.717, 1.165) is 12.0 Å². The van der Waals surface area contributed by atoms with Crippen molar-refractivity contribution in [3.8, 4) is 5.75 Å². The van der Waals surface area contributed by atoms with Crippen molar-refractivity contribution in [3.05, 3.63) is 29.8 Å². The van der Waals surface area contributed by atoms with Crippen molar-refractivity contribution in [1.82, 2.24) is 4.90 Å². The number of nitrogens with zero attached hydrogens (tertiary/aromatic N) is 1. The highest BCUT2D eigenvalue weighted by atomic mass is 35.5. The molecule has 1 N–H and O–H groups in total. The molecule has 4 nitrogen and oxygen atoms in total. The standard InChI is InChI=1S/C14H19F2NO3.ClH/c1-3-8-17(9-13(18)19)10(2)11-4-6-12(7-5-11)20-14(15)16;/h4-7,10,14H,3,8-9H2,1-2H3,(H,18,19);1H. The van der Waals surface area contributed by atoms with Gasteiger partial charge in [0.15, 0.2) is 0 Å². The Morgan fingerprint density at radius 3 is 2.33 bits per heavy atom. The van der Waals surface area contributed by atoms with E-state index in [1.807, 2.05) is 18.7 Å². The normalized spacial score (nSPS) is 12.1. The van der Waals surface area contributed by atoms with E-state index in [1.165, 1.54) is 12.1 Å². The lowest BCUT2D eigenvalue weighted by Gasteiger charge is -2.27. The van der Waals surface area contributed by atoms with Gasteiger partial charge in [0.25, 0.3) is 0 Å². The van der Waals surface area contributed by atoms with Crippen LogP contribution >= 0.6 is 12.4 Å². The van der Waals surface area contributed by atoms with E-state index >= 15 is 0 Å². The van der Waals surface area contributed by atoms with Crippen molar-refractivity contribution in [2.45, 2.75) is 32.9 Å². The van der Waals surface area contributed by atoms with Crippen LogP contribution in [0.4, 0.5) is 8.78 Å². The summed E-state index contributed by atoms with van der Waals surface area (Å²) in [6.07, 6.45) is 0.837. The number of hydrogen-bond donors (Lipinski definition) is 1. The molecule has 0 bridgehead atoms. The molecule has 0 spiro atoms. The van der Waals surface area contributed by atoms with Gasteiger partial charge in [0.2, 0.25) is 0 Å².